The number of unbranched alkanes of at least 4 members (excludes halogenated alkanes) is 1. The number of sulfonamides is 1. The number of carbonyl (C=O) groups is 2. The van der Waals surface area contributed by atoms with E-state index in [0.29, 0.717) is 36.1 Å². The zero-order chi connectivity index (χ0) is 32.6. The van der Waals surface area contributed by atoms with Gasteiger partial charge in [-0.3, -0.25) is 14.4 Å². The average Bonchev–Trinajstić information content (AvgIpc) is 3.00. The highest BCUT2D eigenvalue weighted by Crippen LogP contribution is 2.27. The van der Waals surface area contributed by atoms with Crippen LogP contribution < -0.4 is 25.8 Å². The topological polar surface area (TPSA) is 143 Å². The molecule has 3 amide bonds. The van der Waals surface area contributed by atoms with E-state index < -0.39 is 39.2 Å². The predicted octanol–water partition coefficient (Wildman–Crippen LogP) is 5.96. The Morgan fingerprint density at radius 3 is 2.29 bits per heavy atom. The van der Waals surface area contributed by atoms with E-state index in [0.717, 1.165) is 44.0 Å². The van der Waals surface area contributed by atoms with Crippen LogP contribution in [0.15, 0.2) is 60.7 Å². The van der Waals surface area contributed by atoms with Crippen LogP contribution in [0.25, 0.3) is 0 Å². The number of halogens is 2. The minimum absolute atomic E-state index is 0.00832. The smallest absolute Gasteiger partial charge is 0.319 e. The number of nitrogens with zero attached hydrogens (tertiary/aromatic N) is 1. The zero-order valence-electron chi connectivity index (χ0n) is 25.3. The fourth-order valence-electron chi connectivity index (χ4n) is 5.23. The number of carbonyl (C=O) groups excluding carboxylic acids is 2. The number of rotatable bonds is 13. The normalized spacial score (nSPS) is 17.0. The molecule has 3 aromatic carbocycles. The molecule has 0 aromatic heterocycles. The summed E-state index contributed by atoms with van der Waals surface area (Å²) in [6.45, 7) is 5.16. The van der Waals surface area contributed by atoms with Crippen molar-refractivity contribution >= 4 is 33.3 Å². The van der Waals surface area contributed by atoms with Crippen LogP contribution in [-0.4, -0.2) is 49.6 Å². The van der Waals surface area contributed by atoms with Crippen molar-refractivity contribution in [2.45, 2.75) is 64.6 Å². The second kappa shape index (κ2) is 15.2. The summed E-state index contributed by atoms with van der Waals surface area (Å²) in [5.41, 5.74) is 5.88. The summed E-state index contributed by atoms with van der Waals surface area (Å²) in [5.74, 6) is -1.93. The van der Waals surface area contributed by atoms with E-state index in [-0.39, 0.29) is 23.5 Å². The molecule has 1 aliphatic heterocycles. The van der Waals surface area contributed by atoms with E-state index in [9.17, 15) is 26.8 Å². The minimum Gasteiger partial charge on any atom is -0.457 e. The van der Waals surface area contributed by atoms with Gasteiger partial charge < -0.3 is 21.1 Å². The number of urea groups is 1. The Balaban J connectivity index is 1.33. The molecule has 0 spiro atoms. The molecule has 5 N–H and O–H groups in total. The van der Waals surface area contributed by atoms with E-state index in [4.69, 9.17) is 10.5 Å². The first-order chi connectivity index (χ1) is 21.5. The van der Waals surface area contributed by atoms with Crippen molar-refractivity contribution in [1.29, 1.82) is 0 Å². The van der Waals surface area contributed by atoms with Crippen LogP contribution in [0, 0.1) is 11.6 Å². The van der Waals surface area contributed by atoms with Crippen LogP contribution >= 0.6 is 0 Å². The van der Waals surface area contributed by atoms with Crippen molar-refractivity contribution in [3.05, 3.63) is 83.4 Å². The third kappa shape index (κ3) is 9.63. The second-order valence-corrected chi connectivity index (χ2v) is 13.0. The van der Waals surface area contributed by atoms with Crippen LogP contribution in [0.4, 0.5) is 25.0 Å². The summed E-state index contributed by atoms with van der Waals surface area (Å²) in [6, 6.07) is 15.3. The first-order valence-electron chi connectivity index (χ1n) is 14.9. The van der Waals surface area contributed by atoms with E-state index in [1.165, 1.54) is 0 Å². The highest BCUT2D eigenvalue weighted by molar-refractivity contribution is 7.92. The van der Waals surface area contributed by atoms with Crippen LogP contribution in [0.1, 0.15) is 61.9 Å². The first-order valence-corrected chi connectivity index (χ1v) is 16.6. The van der Waals surface area contributed by atoms with Crippen LogP contribution in [0.3, 0.4) is 0 Å². The van der Waals surface area contributed by atoms with E-state index in [1.807, 2.05) is 24.3 Å². The molecular weight excluding hydrogens is 604 g/mol. The average molecular weight is 644 g/mol. The maximum absolute atomic E-state index is 14.2. The number of primary amides is 1. The highest BCUT2D eigenvalue weighted by atomic mass is 32.2. The number of likely N-dealkylation sites (tertiary alicyclic amines) is 1. The van der Waals surface area contributed by atoms with Crippen molar-refractivity contribution in [1.82, 2.24) is 10.2 Å². The number of benzene rings is 3. The van der Waals surface area contributed by atoms with Gasteiger partial charge in [0, 0.05) is 36.9 Å². The largest absolute Gasteiger partial charge is 0.457 e. The molecule has 1 aliphatic rings. The van der Waals surface area contributed by atoms with Crippen molar-refractivity contribution < 1.29 is 31.5 Å². The summed E-state index contributed by atoms with van der Waals surface area (Å²) >= 11 is 0. The summed E-state index contributed by atoms with van der Waals surface area (Å²) < 4.78 is 60.0. The molecule has 45 heavy (non-hydrogen) atoms. The number of nitrogens with two attached hydrogens (primary N) is 1. The molecule has 0 radical (unpaired) electrons. The molecule has 0 saturated carbocycles. The van der Waals surface area contributed by atoms with Crippen molar-refractivity contribution in [3.63, 3.8) is 0 Å². The SMILES string of the molecule is CCCCC1CC(NC(=O)Nc2cc(C(N)=O)c(F)cc2F)CCN1Cc1ccc(Oc2ccc(NS(=O)(=O)CC)cc2)cc1. The van der Waals surface area contributed by atoms with Gasteiger partial charge in [0.15, 0.2) is 0 Å². The molecule has 4 rings (SSSR count). The number of piperidine rings is 1. The van der Waals surface area contributed by atoms with Crippen LogP contribution in [0.2, 0.25) is 0 Å². The van der Waals surface area contributed by atoms with Crippen molar-refractivity contribution in [3.8, 4) is 11.5 Å². The van der Waals surface area contributed by atoms with Gasteiger partial charge in [0.2, 0.25) is 10.0 Å². The van der Waals surface area contributed by atoms with Gasteiger partial charge in [-0.05, 0) is 74.2 Å². The second-order valence-electron chi connectivity index (χ2n) is 11.0. The Bertz CT molecular complexity index is 1590. The fraction of sp³-hybridized carbons (Fsp3) is 0.375. The maximum Gasteiger partial charge on any atom is 0.319 e. The van der Waals surface area contributed by atoms with Crippen molar-refractivity contribution in [2.75, 3.05) is 22.3 Å². The lowest BCUT2D eigenvalue weighted by molar-refractivity contribution is 0.0996. The third-order valence-corrected chi connectivity index (χ3v) is 8.99. The Morgan fingerprint density at radius 2 is 1.67 bits per heavy atom. The lowest BCUT2D eigenvalue weighted by Gasteiger charge is -2.40. The van der Waals surface area contributed by atoms with E-state index in [2.05, 4.69) is 27.2 Å². The standard InChI is InChI=1S/C32H39F2N5O5S/c1-3-5-6-24-17-23(36-32(41)37-30-18-27(31(35)40)28(33)19-29(30)34)15-16-39(24)20-21-7-11-25(12-8-21)44-26-13-9-22(10-14-26)38-45(42,43)4-2/h7-14,18-19,23-24,38H,3-6,15-17,20H2,1-2H3,(H2,35,40)(H2,36,37,41). The Hall–Kier alpha value is -4.23. The number of nitrogens with one attached hydrogen (secondary N) is 3. The zero-order valence-corrected chi connectivity index (χ0v) is 26.1. The quantitative estimate of drug-likeness (QED) is 0.181. The summed E-state index contributed by atoms with van der Waals surface area (Å²) in [6.07, 6.45) is 4.41. The molecule has 2 atom stereocenters. The van der Waals surface area contributed by atoms with Gasteiger partial charge >= 0.3 is 6.03 Å². The van der Waals surface area contributed by atoms with Gasteiger partial charge in [-0.1, -0.05) is 31.9 Å². The molecule has 0 aliphatic carbocycles. The maximum atomic E-state index is 14.2. The van der Waals surface area contributed by atoms with Gasteiger partial charge in [0.25, 0.3) is 5.91 Å². The molecule has 10 nitrogen and oxygen atoms in total. The predicted molar refractivity (Wildman–Crippen MR) is 170 cm³/mol. The molecule has 3 aromatic rings. The Kier molecular flexibility index (Phi) is 11.3. The summed E-state index contributed by atoms with van der Waals surface area (Å²) in [5, 5.41) is 5.27. The number of anilines is 2. The van der Waals surface area contributed by atoms with Gasteiger partial charge in [0.1, 0.15) is 23.1 Å². The Labute approximate surface area is 262 Å². The number of hydrogen-bond donors (Lipinski definition) is 4. The lowest BCUT2D eigenvalue weighted by Crippen LogP contribution is -2.50. The number of hydrogen-bond acceptors (Lipinski definition) is 6. The van der Waals surface area contributed by atoms with E-state index >= 15 is 0 Å². The highest BCUT2D eigenvalue weighted by Gasteiger charge is 2.29. The molecule has 1 heterocycles. The summed E-state index contributed by atoms with van der Waals surface area (Å²) in [4.78, 5) is 26.5. The van der Waals surface area contributed by atoms with Crippen LogP contribution in [-0.2, 0) is 16.6 Å². The minimum atomic E-state index is -3.35. The number of amides is 3. The molecule has 1 saturated heterocycles. The van der Waals surface area contributed by atoms with Crippen LogP contribution in [0.5, 0.6) is 11.5 Å². The molecule has 242 valence electrons. The molecule has 0 bridgehead atoms. The molecule has 1 fully saturated rings. The van der Waals surface area contributed by atoms with E-state index in [1.54, 1.807) is 31.2 Å². The lowest BCUT2D eigenvalue weighted by atomic mass is 9.93. The van der Waals surface area contributed by atoms with Gasteiger partial charge in [-0.2, -0.15) is 0 Å². The number of ether oxygens (including phenoxy) is 1. The van der Waals surface area contributed by atoms with Gasteiger partial charge in [-0.15, -0.1) is 0 Å². The monoisotopic (exact) mass is 643 g/mol. The van der Waals surface area contributed by atoms with Crippen molar-refractivity contribution in [2.24, 2.45) is 5.73 Å². The first kappa shape index (κ1) is 33.7. The molecular formula is C32H39F2N5O5S. The fourth-order valence-corrected chi connectivity index (χ4v) is 5.87. The third-order valence-electron chi connectivity index (χ3n) is 7.69. The summed E-state index contributed by atoms with van der Waals surface area (Å²) in [7, 11) is -3.35. The molecule has 13 heteroatoms. The Morgan fingerprint density at radius 1 is 1.00 bits per heavy atom. The van der Waals surface area contributed by atoms with Gasteiger partial charge in [0.05, 0.1) is 17.0 Å². The van der Waals surface area contributed by atoms with Gasteiger partial charge in [-0.25, -0.2) is 22.0 Å². The molecule has 2 unspecified atom stereocenters.